The van der Waals surface area contributed by atoms with Crippen LogP contribution in [0.5, 0.6) is 0 Å². The molecular formula is C19H18FNO2. The van der Waals surface area contributed by atoms with Crippen LogP contribution in [0.25, 0.3) is 6.08 Å². The molecule has 0 spiro atoms. The fourth-order valence-corrected chi connectivity index (χ4v) is 2.04. The van der Waals surface area contributed by atoms with Crippen LogP contribution < -0.4 is 5.32 Å². The summed E-state index contributed by atoms with van der Waals surface area (Å²) in [4.78, 5) is 24.8. The van der Waals surface area contributed by atoms with Gasteiger partial charge in [-0.1, -0.05) is 50.2 Å². The van der Waals surface area contributed by atoms with Crippen molar-refractivity contribution in [1.82, 2.24) is 0 Å². The topological polar surface area (TPSA) is 46.2 Å². The van der Waals surface area contributed by atoms with E-state index in [1.807, 2.05) is 30.3 Å². The van der Waals surface area contributed by atoms with Crippen LogP contribution in [0.15, 0.2) is 60.2 Å². The minimum absolute atomic E-state index is 0.0514. The molecule has 1 N–H and O–H groups in total. The van der Waals surface area contributed by atoms with E-state index in [-0.39, 0.29) is 17.3 Å². The predicted octanol–water partition coefficient (Wildman–Crippen LogP) is 4.07. The first-order valence-corrected chi connectivity index (χ1v) is 7.35. The lowest BCUT2D eigenvalue weighted by Gasteiger charge is -2.11. The third kappa shape index (κ3) is 4.61. The molecule has 3 nitrogen and oxygen atoms in total. The Morgan fingerprint density at radius 2 is 1.74 bits per heavy atom. The van der Waals surface area contributed by atoms with Crippen LogP contribution in [-0.4, -0.2) is 11.7 Å². The zero-order chi connectivity index (χ0) is 16.8. The number of Topliss-reactive ketones (excluding diaryl/α,β-unsaturated/α-hetero) is 1. The number of anilines is 1. The third-order valence-corrected chi connectivity index (χ3v) is 3.23. The Morgan fingerprint density at radius 1 is 1.04 bits per heavy atom. The van der Waals surface area contributed by atoms with Crippen molar-refractivity contribution in [3.8, 4) is 0 Å². The molecule has 0 bridgehead atoms. The van der Waals surface area contributed by atoms with Gasteiger partial charge >= 0.3 is 0 Å². The summed E-state index contributed by atoms with van der Waals surface area (Å²) in [7, 11) is 0. The molecule has 0 aliphatic heterocycles. The van der Waals surface area contributed by atoms with E-state index in [4.69, 9.17) is 0 Å². The van der Waals surface area contributed by atoms with E-state index in [0.717, 1.165) is 5.56 Å². The van der Waals surface area contributed by atoms with Crippen molar-refractivity contribution in [3.63, 3.8) is 0 Å². The highest BCUT2D eigenvalue weighted by atomic mass is 19.1. The molecule has 0 saturated heterocycles. The second-order valence-electron chi connectivity index (χ2n) is 5.45. The van der Waals surface area contributed by atoms with Gasteiger partial charge < -0.3 is 5.32 Å². The van der Waals surface area contributed by atoms with E-state index in [1.54, 1.807) is 26.0 Å². The van der Waals surface area contributed by atoms with Gasteiger partial charge in [-0.05, 0) is 29.8 Å². The van der Waals surface area contributed by atoms with Crippen LogP contribution in [0, 0.1) is 11.7 Å². The molecule has 23 heavy (non-hydrogen) atoms. The van der Waals surface area contributed by atoms with Crippen molar-refractivity contribution < 1.29 is 14.0 Å². The van der Waals surface area contributed by atoms with E-state index in [1.165, 1.54) is 18.2 Å². The van der Waals surface area contributed by atoms with Crippen LogP contribution in [0.2, 0.25) is 0 Å². The molecule has 118 valence electrons. The Balaban J connectivity index is 2.32. The van der Waals surface area contributed by atoms with Crippen molar-refractivity contribution in [2.45, 2.75) is 13.8 Å². The smallest absolute Gasteiger partial charge is 0.259 e. The highest BCUT2D eigenvalue weighted by Gasteiger charge is 2.21. The van der Waals surface area contributed by atoms with E-state index in [0.29, 0.717) is 5.69 Å². The molecule has 0 radical (unpaired) electrons. The number of ketones is 1. The van der Waals surface area contributed by atoms with Crippen molar-refractivity contribution in [1.29, 1.82) is 0 Å². The summed E-state index contributed by atoms with van der Waals surface area (Å²) >= 11 is 0. The highest BCUT2D eigenvalue weighted by Crippen LogP contribution is 2.16. The van der Waals surface area contributed by atoms with Crippen molar-refractivity contribution in [3.05, 3.63) is 71.6 Å². The molecule has 0 atom stereocenters. The number of hydrogen-bond donors (Lipinski definition) is 1. The highest BCUT2D eigenvalue weighted by molar-refractivity contribution is 6.26. The van der Waals surface area contributed by atoms with Gasteiger partial charge in [0.25, 0.3) is 5.91 Å². The van der Waals surface area contributed by atoms with Crippen LogP contribution in [-0.2, 0) is 9.59 Å². The zero-order valence-corrected chi connectivity index (χ0v) is 13.0. The number of amides is 1. The quantitative estimate of drug-likeness (QED) is 0.514. The number of nitrogens with one attached hydrogen (secondary N) is 1. The lowest BCUT2D eigenvalue weighted by atomic mass is 9.98. The number of halogens is 1. The maximum Gasteiger partial charge on any atom is 0.259 e. The normalized spacial score (nSPS) is 11.4. The number of hydrogen-bond acceptors (Lipinski definition) is 2. The van der Waals surface area contributed by atoms with Crippen LogP contribution in [0.3, 0.4) is 0 Å². The number of benzene rings is 2. The van der Waals surface area contributed by atoms with Crippen LogP contribution >= 0.6 is 0 Å². The Hall–Kier alpha value is -2.75. The molecule has 0 aromatic heterocycles. The van der Waals surface area contributed by atoms with E-state index in [9.17, 15) is 14.0 Å². The first-order valence-electron chi connectivity index (χ1n) is 7.35. The lowest BCUT2D eigenvalue weighted by Crippen LogP contribution is -2.23. The Labute approximate surface area is 134 Å². The molecule has 0 fully saturated rings. The maximum absolute atomic E-state index is 13.2. The molecular weight excluding hydrogens is 293 g/mol. The van der Waals surface area contributed by atoms with Crippen LogP contribution in [0.1, 0.15) is 19.4 Å². The maximum atomic E-state index is 13.2. The second kappa shape index (κ2) is 7.49. The summed E-state index contributed by atoms with van der Waals surface area (Å²) in [5.41, 5.74) is 1.12. The van der Waals surface area contributed by atoms with Gasteiger partial charge in [-0.3, -0.25) is 9.59 Å². The van der Waals surface area contributed by atoms with Crippen molar-refractivity contribution in [2.24, 2.45) is 5.92 Å². The number of carbonyl (C=O) groups is 2. The van der Waals surface area contributed by atoms with Gasteiger partial charge in [0.2, 0.25) is 0 Å². The molecule has 4 heteroatoms. The molecule has 0 aliphatic carbocycles. The third-order valence-electron chi connectivity index (χ3n) is 3.23. The lowest BCUT2D eigenvalue weighted by molar-refractivity contribution is -0.121. The predicted molar refractivity (Wildman–Crippen MR) is 89.3 cm³/mol. The molecule has 0 unspecified atom stereocenters. The molecule has 0 saturated carbocycles. The minimum Gasteiger partial charge on any atom is -0.322 e. The number of rotatable bonds is 5. The average Bonchev–Trinajstić information content (AvgIpc) is 2.52. The minimum atomic E-state index is -0.543. The fourth-order valence-electron chi connectivity index (χ4n) is 2.04. The summed E-state index contributed by atoms with van der Waals surface area (Å²) in [6.45, 7) is 3.47. The van der Waals surface area contributed by atoms with Gasteiger partial charge in [-0.15, -0.1) is 0 Å². The van der Waals surface area contributed by atoms with Gasteiger partial charge in [0.15, 0.2) is 5.78 Å². The molecule has 0 aliphatic rings. The summed E-state index contributed by atoms with van der Waals surface area (Å²) in [6.07, 6.45) is 1.55. The monoisotopic (exact) mass is 311 g/mol. The van der Waals surface area contributed by atoms with Crippen LogP contribution in [0.4, 0.5) is 10.1 Å². The van der Waals surface area contributed by atoms with E-state index in [2.05, 4.69) is 5.32 Å². The molecule has 0 heterocycles. The summed E-state index contributed by atoms with van der Waals surface area (Å²) in [5, 5.41) is 2.57. The second-order valence-corrected chi connectivity index (χ2v) is 5.45. The van der Waals surface area contributed by atoms with Gasteiger partial charge in [0, 0.05) is 11.6 Å². The van der Waals surface area contributed by atoms with E-state index >= 15 is 0 Å². The van der Waals surface area contributed by atoms with Crippen molar-refractivity contribution >= 4 is 23.5 Å². The van der Waals surface area contributed by atoms with Gasteiger partial charge in [0.05, 0.1) is 5.57 Å². The number of carbonyl (C=O) groups excluding carboxylic acids is 2. The molecule has 1 amide bonds. The van der Waals surface area contributed by atoms with Gasteiger partial charge in [-0.25, -0.2) is 4.39 Å². The van der Waals surface area contributed by atoms with E-state index < -0.39 is 11.7 Å². The zero-order valence-electron chi connectivity index (χ0n) is 13.0. The average molecular weight is 311 g/mol. The van der Waals surface area contributed by atoms with Crippen molar-refractivity contribution in [2.75, 3.05) is 5.32 Å². The SMILES string of the molecule is CC(C)C(=O)C(=Cc1ccccc1)C(=O)Nc1cccc(F)c1. The first kappa shape index (κ1) is 16.6. The Bertz CT molecular complexity index is 736. The largest absolute Gasteiger partial charge is 0.322 e. The van der Waals surface area contributed by atoms with Gasteiger partial charge in [-0.2, -0.15) is 0 Å². The molecule has 2 aromatic carbocycles. The Kier molecular flexibility index (Phi) is 5.41. The molecule has 2 aromatic rings. The summed E-state index contributed by atoms with van der Waals surface area (Å²) < 4.78 is 13.2. The summed E-state index contributed by atoms with van der Waals surface area (Å²) in [6, 6.07) is 14.7. The first-order chi connectivity index (χ1) is 11.0. The summed E-state index contributed by atoms with van der Waals surface area (Å²) in [5.74, 6) is -1.57. The standard InChI is InChI=1S/C19H18FNO2/c1-13(2)18(22)17(11-14-7-4-3-5-8-14)19(23)21-16-10-6-9-15(20)12-16/h3-13H,1-2H3,(H,21,23). The van der Waals surface area contributed by atoms with Gasteiger partial charge in [0.1, 0.15) is 5.82 Å². The molecule has 2 rings (SSSR count). The Morgan fingerprint density at radius 3 is 2.35 bits per heavy atom. The fraction of sp³-hybridized carbons (Fsp3) is 0.158.